The topological polar surface area (TPSA) is 67.2 Å². The van der Waals surface area contributed by atoms with Gasteiger partial charge >= 0.3 is 0 Å². The Hall–Kier alpha value is -3.00. The van der Waals surface area contributed by atoms with Gasteiger partial charge in [0.05, 0.1) is 16.9 Å². The Morgan fingerprint density at radius 3 is 2.67 bits per heavy atom. The lowest BCUT2D eigenvalue weighted by Gasteiger charge is -2.35. The molecule has 154 valence electrons. The third-order valence-electron chi connectivity index (χ3n) is 5.25. The summed E-state index contributed by atoms with van der Waals surface area (Å²) < 4.78 is 16.1. The van der Waals surface area contributed by atoms with Crippen LogP contribution in [0.4, 0.5) is 4.39 Å². The Bertz CT molecular complexity index is 1130. The van der Waals surface area contributed by atoms with Crippen molar-refractivity contribution in [1.29, 1.82) is 0 Å². The number of carbonyl (C=O) groups excluding carboxylic acids is 2. The Morgan fingerprint density at radius 2 is 1.93 bits per heavy atom. The van der Waals surface area contributed by atoms with Crippen LogP contribution in [0.1, 0.15) is 33.4 Å². The normalized spacial score (nSPS) is 16.5. The third kappa shape index (κ3) is 3.52. The average Bonchev–Trinajstić information content (AvgIpc) is 3.04. The lowest BCUT2D eigenvalue weighted by Crippen LogP contribution is -2.52. The zero-order chi connectivity index (χ0) is 21.4. The Labute approximate surface area is 181 Å². The van der Waals surface area contributed by atoms with Crippen LogP contribution in [0.2, 0.25) is 0 Å². The van der Waals surface area contributed by atoms with Gasteiger partial charge in [-0.15, -0.1) is 0 Å². The summed E-state index contributed by atoms with van der Waals surface area (Å²) in [5.74, 6) is -1.20. The van der Waals surface area contributed by atoms with E-state index in [1.807, 2.05) is 44.2 Å². The van der Waals surface area contributed by atoms with Gasteiger partial charge in [0.2, 0.25) is 5.91 Å². The molecule has 0 spiro atoms. The monoisotopic (exact) mass is 470 g/mol. The van der Waals surface area contributed by atoms with Gasteiger partial charge in [0.25, 0.3) is 5.91 Å². The van der Waals surface area contributed by atoms with E-state index in [1.54, 1.807) is 4.68 Å². The second-order valence-electron chi connectivity index (χ2n) is 7.15. The summed E-state index contributed by atoms with van der Waals surface area (Å²) in [6.45, 7) is 4.35. The summed E-state index contributed by atoms with van der Waals surface area (Å²) in [4.78, 5) is 27.7. The van der Waals surface area contributed by atoms with Gasteiger partial charge < -0.3 is 10.2 Å². The first-order chi connectivity index (χ1) is 14.4. The molecule has 2 aromatic carbocycles. The maximum Gasteiger partial charge on any atom is 0.256 e. The van der Waals surface area contributed by atoms with Crippen molar-refractivity contribution in [2.75, 3.05) is 13.1 Å². The van der Waals surface area contributed by atoms with Crippen LogP contribution in [0.3, 0.4) is 0 Å². The lowest BCUT2D eigenvalue weighted by molar-refractivity contribution is -0.128. The van der Waals surface area contributed by atoms with Crippen molar-refractivity contribution in [3.05, 3.63) is 81.3 Å². The number of nitrogens with one attached hydrogen (secondary N) is 1. The van der Waals surface area contributed by atoms with Crippen LogP contribution < -0.4 is 5.32 Å². The van der Waals surface area contributed by atoms with E-state index >= 15 is 0 Å². The van der Waals surface area contributed by atoms with E-state index in [9.17, 15) is 14.0 Å². The molecule has 3 aromatic rings. The largest absolute Gasteiger partial charge is 0.352 e. The van der Waals surface area contributed by atoms with Crippen molar-refractivity contribution < 1.29 is 14.0 Å². The summed E-state index contributed by atoms with van der Waals surface area (Å²) in [6.07, 6.45) is 0. The second kappa shape index (κ2) is 8.02. The van der Waals surface area contributed by atoms with Crippen molar-refractivity contribution in [1.82, 2.24) is 20.0 Å². The summed E-state index contributed by atoms with van der Waals surface area (Å²) in [7, 11) is 0. The number of benzene rings is 2. The van der Waals surface area contributed by atoms with E-state index in [4.69, 9.17) is 0 Å². The zero-order valence-corrected chi connectivity index (χ0v) is 18.1. The summed E-state index contributed by atoms with van der Waals surface area (Å²) in [5, 5.41) is 7.46. The molecule has 1 fully saturated rings. The molecule has 1 saturated heterocycles. The van der Waals surface area contributed by atoms with E-state index in [2.05, 4.69) is 26.3 Å². The van der Waals surface area contributed by atoms with Crippen LogP contribution >= 0.6 is 15.9 Å². The molecule has 2 amide bonds. The fraction of sp³-hybridized carbons (Fsp3) is 0.227. The van der Waals surface area contributed by atoms with Gasteiger partial charge in [-0.05, 0) is 60.1 Å². The standard InChI is InChI=1S/C22H20BrFN4O2/c1-13-19(14(2)28(26-13)16-6-4-3-5-7-16)20-21(29)25-10-11-27(20)22(30)17-12-15(24)8-9-18(17)23/h3-9,12,20H,10-11H2,1-2H3,(H,25,29). The van der Waals surface area contributed by atoms with Crippen LogP contribution in [0, 0.1) is 19.7 Å². The first kappa shape index (κ1) is 20.3. The first-order valence-electron chi connectivity index (χ1n) is 9.53. The molecule has 2 heterocycles. The van der Waals surface area contributed by atoms with E-state index in [-0.39, 0.29) is 11.5 Å². The minimum absolute atomic E-state index is 0.181. The SMILES string of the molecule is Cc1nn(-c2ccccc2)c(C)c1C1C(=O)NCCN1C(=O)c1cc(F)ccc1Br. The maximum absolute atomic E-state index is 13.8. The van der Waals surface area contributed by atoms with E-state index in [0.29, 0.717) is 28.8 Å². The number of halogens is 2. The highest BCUT2D eigenvalue weighted by Gasteiger charge is 2.38. The Balaban J connectivity index is 1.80. The second-order valence-corrected chi connectivity index (χ2v) is 8.00. The number of carbonyl (C=O) groups is 2. The maximum atomic E-state index is 13.8. The van der Waals surface area contributed by atoms with Crippen molar-refractivity contribution >= 4 is 27.7 Å². The fourth-order valence-electron chi connectivity index (χ4n) is 3.86. The predicted octanol–water partition coefficient (Wildman–Crippen LogP) is 3.70. The van der Waals surface area contributed by atoms with Crippen LogP contribution in [-0.2, 0) is 4.79 Å². The number of hydrogen-bond acceptors (Lipinski definition) is 3. The lowest BCUT2D eigenvalue weighted by atomic mass is 9.99. The molecule has 0 bridgehead atoms. The van der Waals surface area contributed by atoms with Gasteiger partial charge in [-0.2, -0.15) is 5.10 Å². The predicted molar refractivity (Wildman–Crippen MR) is 114 cm³/mol. The first-order valence-corrected chi connectivity index (χ1v) is 10.3. The molecular formula is C22H20BrFN4O2. The van der Waals surface area contributed by atoms with Crippen LogP contribution in [-0.4, -0.2) is 39.6 Å². The summed E-state index contributed by atoms with van der Waals surface area (Å²) in [5.41, 5.74) is 3.16. The van der Waals surface area contributed by atoms with Crippen molar-refractivity contribution in [3.63, 3.8) is 0 Å². The van der Waals surface area contributed by atoms with E-state index < -0.39 is 17.8 Å². The van der Waals surface area contributed by atoms with E-state index in [1.165, 1.54) is 23.1 Å². The minimum Gasteiger partial charge on any atom is -0.352 e. The number of rotatable bonds is 3. The highest BCUT2D eigenvalue weighted by atomic mass is 79.9. The summed E-state index contributed by atoms with van der Waals surface area (Å²) >= 11 is 3.32. The van der Waals surface area contributed by atoms with Gasteiger partial charge in [-0.1, -0.05) is 18.2 Å². The number of amides is 2. The third-order valence-corrected chi connectivity index (χ3v) is 5.94. The van der Waals surface area contributed by atoms with Gasteiger partial charge in [-0.3, -0.25) is 9.59 Å². The number of piperazine rings is 1. The molecule has 6 nitrogen and oxygen atoms in total. The molecule has 1 unspecified atom stereocenters. The van der Waals surface area contributed by atoms with Crippen LogP contribution in [0.25, 0.3) is 5.69 Å². The average molecular weight is 471 g/mol. The molecular weight excluding hydrogens is 451 g/mol. The number of aromatic nitrogens is 2. The minimum atomic E-state index is -0.848. The number of nitrogens with zero attached hydrogens (tertiary/aromatic N) is 3. The summed E-state index contributed by atoms with van der Waals surface area (Å²) in [6, 6.07) is 12.7. The van der Waals surface area contributed by atoms with Gasteiger partial charge in [0.15, 0.2) is 0 Å². The molecule has 8 heteroatoms. The van der Waals surface area contributed by atoms with Crippen molar-refractivity contribution in [3.8, 4) is 5.69 Å². The quantitative estimate of drug-likeness (QED) is 0.634. The highest BCUT2D eigenvalue weighted by molar-refractivity contribution is 9.10. The molecule has 1 N–H and O–H groups in total. The smallest absolute Gasteiger partial charge is 0.256 e. The zero-order valence-electron chi connectivity index (χ0n) is 16.5. The van der Waals surface area contributed by atoms with Gasteiger partial charge in [0.1, 0.15) is 11.9 Å². The molecule has 0 aliphatic carbocycles. The van der Waals surface area contributed by atoms with Crippen LogP contribution in [0.15, 0.2) is 53.0 Å². The number of aryl methyl sites for hydroxylation is 1. The molecule has 30 heavy (non-hydrogen) atoms. The fourth-order valence-corrected chi connectivity index (χ4v) is 4.28. The molecule has 1 aromatic heterocycles. The van der Waals surface area contributed by atoms with Crippen molar-refractivity contribution in [2.45, 2.75) is 19.9 Å². The molecule has 4 rings (SSSR count). The number of hydrogen-bond donors (Lipinski definition) is 1. The molecule has 1 aliphatic heterocycles. The molecule has 0 saturated carbocycles. The Morgan fingerprint density at radius 1 is 1.20 bits per heavy atom. The van der Waals surface area contributed by atoms with E-state index in [0.717, 1.165) is 11.4 Å². The molecule has 0 radical (unpaired) electrons. The Kier molecular flexibility index (Phi) is 5.42. The van der Waals surface area contributed by atoms with Crippen LogP contribution in [0.5, 0.6) is 0 Å². The van der Waals surface area contributed by atoms with Gasteiger partial charge in [-0.25, -0.2) is 9.07 Å². The highest BCUT2D eigenvalue weighted by Crippen LogP contribution is 2.32. The number of para-hydroxylation sites is 1. The van der Waals surface area contributed by atoms with Crippen molar-refractivity contribution in [2.24, 2.45) is 0 Å². The van der Waals surface area contributed by atoms with Gasteiger partial charge in [0, 0.05) is 28.8 Å². The molecule has 1 aliphatic rings. The molecule has 1 atom stereocenters.